The van der Waals surface area contributed by atoms with Gasteiger partial charge in [0.1, 0.15) is 5.75 Å². The van der Waals surface area contributed by atoms with Crippen LogP contribution in [0.1, 0.15) is 40.5 Å². The monoisotopic (exact) mass is 263 g/mol. The molecule has 0 saturated carbocycles. The molecule has 19 heavy (non-hydrogen) atoms. The molecule has 0 aliphatic heterocycles. The number of benzene rings is 1. The number of hydrogen-bond donors (Lipinski definition) is 0. The second-order valence-corrected chi connectivity index (χ2v) is 5.25. The zero-order valence-corrected chi connectivity index (χ0v) is 12.4. The Kier molecular flexibility index (Phi) is 6.40. The van der Waals surface area contributed by atoms with Gasteiger partial charge in [-0.05, 0) is 46.2 Å². The lowest BCUT2D eigenvalue weighted by Crippen LogP contribution is -2.42. The standard InChI is InChI=1S/C16H25NO2/c1-13(2)17(14(3)4)16(18)11-8-12-19-15-9-6-5-7-10-15/h5-7,9-10,13-14H,8,11-12H2,1-4H3. The van der Waals surface area contributed by atoms with E-state index in [4.69, 9.17) is 4.74 Å². The van der Waals surface area contributed by atoms with Crippen molar-refractivity contribution in [3.05, 3.63) is 30.3 Å². The number of ether oxygens (including phenoxy) is 1. The second kappa shape index (κ2) is 7.82. The third-order valence-electron chi connectivity index (χ3n) is 2.95. The Morgan fingerprint density at radius 1 is 1.11 bits per heavy atom. The first-order valence-corrected chi connectivity index (χ1v) is 7.01. The van der Waals surface area contributed by atoms with Crippen LogP contribution in [0.4, 0.5) is 0 Å². The van der Waals surface area contributed by atoms with Gasteiger partial charge in [0.05, 0.1) is 6.61 Å². The highest BCUT2D eigenvalue weighted by Gasteiger charge is 2.19. The van der Waals surface area contributed by atoms with Crippen molar-refractivity contribution in [2.75, 3.05) is 6.61 Å². The van der Waals surface area contributed by atoms with Crippen molar-refractivity contribution in [2.24, 2.45) is 0 Å². The molecule has 1 rings (SSSR count). The van der Waals surface area contributed by atoms with Gasteiger partial charge in [-0.25, -0.2) is 0 Å². The number of para-hydroxylation sites is 1. The summed E-state index contributed by atoms with van der Waals surface area (Å²) >= 11 is 0. The summed E-state index contributed by atoms with van der Waals surface area (Å²) in [6.45, 7) is 8.80. The predicted octanol–water partition coefficient (Wildman–Crippen LogP) is 3.49. The molecule has 1 amide bonds. The molecular formula is C16H25NO2. The van der Waals surface area contributed by atoms with Gasteiger partial charge in [0, 0.05) is 18.5 Å². The van der Waals surface area contributed by atoms with Crippen LogP contribution in [0.2, 0.25) is 0 Å². The highest BCUT2D eigenvalue weighted by Crippen LogP contribution is 2.11. The summed E-state index contributed by atoms with van der Waals surface area (Å²) in [4.78, 5) is 14.0. The van der Waals surface area contributed by atoms with Gasteiger partial charge < -0.3 is 9.64 Å². The smallest absolute Gasteiger partial charge is 0.223 e. The molecule has 0 aliphatic rings. The number of carbonyl (C=O) groups is 1. The lowest BCUT2D eigenvalue weighted by atomic mass is 10.2. The molecule has 3 nitrogen and oxygen atoms in total. The van der Waals surface area contributed by atoms with Crippen molar-refractivity contribution in [3.63, 3.8) is 0 Å². The van der Waals surface area contributed by atoms with E-state index in [1.165, 1.54) is 0 Å². The highest BCUT2D eigenvalue weighted by molar-refractivity contribution is 5.76. The average molecular weight is 263 g/mol. The number of carbonyl (C=O) groups excluding carboxylic acids is 1. The quantitative estimate of drug-likeness (QED) is 0.705. The molecule has 0 aromatic heterocycles. The molecule has 1 aromatic rings. The van der Waals surface area contributed by atoms with Crippen LogP contribution in [-0.4, -0.2) is 29.5 Å². The van der Waals surface area contributed by atoms with Gasteiger partial charge in [0.15, 0.2) is 0 Å². The summed E-state index contributed by atoms with van der Waals surface area (Å²) in [6.07, 6.45) is 1.30. The van der Waals surface area contributed by atoms with Crippen LogP contribution >= 0.6 is 0 Å². The molecule has 0 aliphatic carbocycles. The van der Waals surface area contributed by atoms with Crippen molar-refractivity contribution in [3.8, 4) is 5.75 Å². The SMILES string of the molecule is CC(C)N(C(=O)CCCOc1ccccc1)C(C)C. The van der Waals surface area contributed by atoms with E-state index in [1.807, 2.05) is 35.2 Å². The first kappa shape index (κ1) is 15.5. The van der Waals surface area contributed by atoms with Crippen molar-refractivity contribution < 1.29 is 9.53 Å². The van der Waals surface area contributed by atoms with E-state index in [0.717, 1.165) is 12.2 Å². The normalized spacial score (nSPS) is 10.8. The molecule has 3 heteroatoms. The zero-order chi connectivity index (χ0) is 14.3. The maximum Gasteiger partial charge on any atom is 0.223 e. The number of hydrogen-bond acceptors (Lipinski definition) is 2. The summed E-state index contributed by atoms with van der Waals surface area (Å²) in [7, 11) is 0. The van der Waals surface area contributed by atoms with E-state index in [0.29, 0.717) is 13.0 Å². The van der Waals surface area contributed by atoms with Gasteiger partial charge >= 0.3 is 0 Å². The fraction of sp³-hybridized carbons (Fsp3) is 0.562. The van der Waals surface area contributed by atoms with Gasteiger partial charge in [0.25, 0.3) is 0 Å². The molecule has 0 atom stereocenters. The fourth-order valence-electron chi connectivity index (χ4n) is 2.23. The topological polar surface area (TPSA) is 29.5 Å². The van der Waals surface area contributed by atoms with Crippen molar-refractivity contribution in [1.29, 1.82) is 0 Å². The molecule has 0 spiro atoms. The minimum atomic E-state index is 0.210. The molecule has 0 heterocycles. The molecule has 0 bridgehead atoms. The van der Waals surface area contributed by atoms with Crippen LogP contribution in [0.25, 0.3) is 0 Å². The van der Waals surface area contributed by atoms with Gasteiger partial charge in [-0.3, -0.25) is 4.79 Å². The Labute approximate surface area is 116 Å². The van der Waals surface area contributed by atoms with Gasteiger partial charge in [-0.15, -0.1) is 0 Å². The Morgan fingerprint density at radius 3 is 2.21 bits per heavy atom. The van der Waals surface area contributed by atoms with Gasteiger partial charge in [-0.2, -0.15) is 0 Å². The third kappa shape index (κ3) is 5.33. The third-order valence-corrected chi connectivity index (χ3v) is 2.95. The second-order valence-electron chi connectivity index (χ2n) is 5.25. The maximum atomic E-state index is 12.1. The maximum absolute atomic E-state index is 12.1. The number of amides is 1. The lowest BCUT2D eigenvalue weighted by molar-refractivity contribution is -0.135. The first-order valence-electron chi connectivity index (χ1n) is 7.01. The molecule has 0 radical (unpaired) electrons. The summed E-state index contributed by atoms with van der Waals surface area (Å²) in [5, 5.41) is 0. The zero-order valence-electron chi connectivity index (χ0n) is 12.4. The minimum absolute atomic E-state index is 0.210. The Balaban J connectivity index is 2.30. The predicted molar refractivity (Wildman–Crippen MR) is 78.3 cm³/mol. The van der Waals surface area contributed by atoms with E-state index in [1.54, 1.807) is 0 Å². The Bertz CT molecular complexity index is 366. The van der Waals surface area contributed by atoms with Gasteiger partial charge in [-0.1, -0.05) is 18.2 Å². The summed E-state index contributed by atoms with van der Waals surface area (Å²) in [5.74, 6) is 1.07. The molecule has 1 aromatic carbocycles. The summed E-state index contributed by atoms with van der Waals surface area (Å²) in [5.41, 5.74) is 0. The molecule has 106 valence electrons. The fourth-order valence-corrected chi connectivity index (χ4v) is 2.23. The van der Waals surface area contributed by atoms with E-state index in [9.17, 15) is 4.79 Å². The highest BCUT2D eigenvalue weighted by atomic mass is 16.5. The van der Waals surface area contributed by atoms with Crippen LogP contribution < -0.4 is 4.74 Å². The molecular weight excluding hydrogens is 238 g/mol. The Hall–Kier alpha value is -1.51. The number of nitrogens with zero attached hydrogens (tertiary/aromatic N) is 1. The number of rotatable bonds is 7. The van der Waals surface area contributed by atoms with Gasteiger partial charge in [0.2, 0.25) is 5.91 Å². The van der Waals surface area contributed by atoms with E-state index >= 15 is 0 Å². The minimum Gasteiger partial charge on any atom is -0.494 e. The molecule has 0 fully saturated rings. The van der Waals surface area contributed by atoms with E-state index in [2.05, 4.69) is 27.7 Å². The van der Waals surface area contributed by atoms with E-state index < -0.39 is 0 Å². The van der Waals surface area contributed by atoms with Crippen molar-refractivity contribution in [1.82, 2.24) is 4.90 Å². The van der Waals surface area contributed by atoms with E-state index in [-0.39, 0.29) is 18.0 Å². The van der Waals surface area contributed by atoms with Crippen molar-refractivity contribution >= 4 is 5.91 Å². The summed E-state index contributed by atoms with van der Waals surface area (Å²) < 4.78 is 5.59. The van der Waals surface area contributed by atoms with Crippen LogP contribution in [0.15, 0.2) is 30.3 Å². The lowest BCUT2D eigenvalue weighted by Gasteiger charge is -2.30. The van der Waals surface area contributed by atoms with Crippen LogP contribution in [0.5, 0.6) is 5.75 Å². The van der Waals surface area contributed by atoms with Crippen LogP contribution in [-0.2, 0) is 4.79 Å². The Morgan fingerprint density at radius 2 is 1.68 bits per heavy atom. The molecule has 0 saturated heterocycles. The summed E-state index contributed by atoms with van der Waals surface area (Å²) in [6, 6.07) is 10.2. The molecule has 0 unspecified atom stereocenters. The van der Waals surface area contributed by atoms with Crippen molar-refractivity contribution in [2.45, 2.75) is 52.6 Å². The first-order chi connectivity index (χ1) is 9.02. The average Bonchev–Trinajstić information content (AvgIpc) is 2.35. The largest absolute Gasteiger partial charge is 0.494 e. The van der Waals surface area contributed by atoms with Crippen LogP contribution in [0, 0.1) is 0 Å². The van der Waals surface area contributed by atoms with Crippen LogP contribution in [0.3, 0.4) is 0 Å². The molecule has 0 N–H and O–H groups in total.